The fourth-order valence-corrected chi connectivity index (χ4v) is 3.77. The summed E-state index contributed by atoms with van der Waals surface area (Å²) in [5.41, 5.74) is 13.3. The number of hydrogen-bond acceptors (Lipinski definition) is 9. The monoisotopic (exact) mass is 557 g/mol. The van der Waals surface area contributed by atoms with Gasteiger partial charge in [0, 0.05) is 35.1 Å². The predicted molar refractivity (Wildman–Crippen MR) is 141 cm³/mol. The molecule has 0 saturated heterocycles. The smallest absolute Gasteiger partial charge is 0.314 e. The second-order valence-corrected chi connectivity index (χ2v) is 7.74. The number of hydrogen-bond donors (Lipinski definition) is 3. The molecule has 5 N–H and O–H groups in total. The van der Waals surface area contributed by atoms with Crippen molar-refractivity contribution in [1.82, 2.24) is 24.5 Å². The molecular formula is C20H19Cl4N9O2. The third-order valence-electron chi connectivity index (χ3n) is 4.72. The van der Waals surface area contributed by atoms with E-state index in [0.717, 1.165) is 0 Å². The summed E-state index contributed by atoms with van der Waals surface area (Å²) in [7, 11) is 0. The molecule has 0 unspecified atom stereocenters. The molecule has 3 heterocycles. The number of halogens is 4. The van der Waals surface area contributed by atoms with Crippen LogP contribution in [0.4, 0.5) is 23.3 Å². The molecule has 35 heavy (non-hydrogen) atoms. The van der Waals surface area contributed by atoms with Crippen LogP contribution in [-0.2, 0) is 6.42 Å². The van der Waals surface area contributed by atoms with Crippen LogP contribution in [0.5, 0.6) is 0 Å². The van der Waals surface area contributed by atoms with Crippen molar-refractivity contribution >= 4 is 71.3 Å². The maximum absolute atomic E-state index is 11.4. The fraction of sp³-hybridized carbons (Fsp3) is 0.100. The summed E-state index contributed by atoms with van der Waals surface area (Å²) in [5, 5.41) is 15.4. The number of nitrogens with zero attached hydrogens (tertiary/aromatic N) is 6. The van der Waals surface area contributed by atoms with Gasteiger partial charge >= 0.3 is 5.69 Å². The van der Waals surface area contributed by atoms with Gasteiger partial charge in [-0.15, -0.1) is 24.8 Å². The lowest BCUT2D eigenvalue weighted by molar-refractivity contribution is -0.384. The van der Waals surface area contributed by atoms with Crippen molar-refractivity contribution < 1.29 is 4.92 Å². The van der Waals surface area contributed by atoms with E-state index >= 15 is 0 Å². The molecule has 0 aliphatic heterocycles. The van der Waals surface area contributed by atoms with Crippen molar-refractivity contribution in [3.63, 3.8) is 0 Å². The highest BCUT2D eigenvalue weighted by atomic mass is 35.5. The van der Waals surface area contributed by atoms with Crippen molar-refractivity contribution in [3.8, 4) is 16.9 Å². The van der Waals surface area contributed by atoms with E-state index in [1.54, 1.807) is 47.7 Å². The summed E-state index contributed by atoms with van der Waals surface area (Å²) in [6.45, 7) is 0.280. The summed E-state index contributed by atoms with van der Waals surface area (Å²) in [4.78, 5) is 27.6. The molecule has 15 heteroatoms. The average Bonchev–Trinajstić information content (AvgIpc) is 3.27. The van der Waals surface area contributed by atoms with Gasteiger partial charge in [-0.25, -0.2) is 19.9 Å². The molecule has 4 rings (SSSR count). The first-order valence-corrected chi connectivity index (χ1v) is 10.3. The summed E-state index contributed by atoms with van der Waals surface area (Å²) in [6, 6.07) is 6.54. The highest BCUT2D eigenvalue weighted by molar-refractivity contribution is 6.36. The van der Waals surface area contributed by atoms with Gasteiger partial charge in [0.2, 0.25) is 11.8 Å². The van der Waals surface area contributed by atoms with E-state index in [2.05, 4.69) is 25.3 Å². The van der Waals surface area contributed by atoms with Crippen LogP contribution in [-0.4, -0.2) is 36.0 Å². The normalized spacial score (nSPS) is 10.2. The third kappa shape index (κ3) is 6.20. The number of benzene rings is 1. The first kappa shape index (κ1) is 27.9. The minimum Gasteiger partial charge on any atom is -0.384 e. The standard InChI is InChI=1S/C20H17Cl2N9O2.2ClH/c21-12-1-2-13(14(22)8-12)17-15(30-6-5-25-10-30)9-27-20(29-17)26-4-3-11-7-16(23)28-19(24)18(11)31(32)33;;/h1-2,5-10H,3-4H2,(H4,23,24,28)(H,26,27,29);2*1H. The van der Waals surface area contributed by atoms with Crippen LogP contribution in [0.15, 0.2) is 49.2 Å². The third-order valence-corrected chi connectivity index (χ3v) is 5.26. The lowest BCUT2D eigenvalue weighted by atomic mass is 10.1. The molecule has 3 aromatic heterocycles. The Morgan fingerprint density at radius 1 is 1.14 bits per heavy atom. The fourth-order valence-electron chi connectivity index (χ4n) is 3.28. The summed E-state index contributed by atoms with van der Waals surface area (Å²) >= 11 is 12.5. The molecule has 11 nitrogen and oxygen atoms in total. The van der Waals surface area contributed by atoms with Crippen molar-refractivity contribution in [2.75, 3.05) is 23.3 Å². The summed E-state index contributed by atoms with van der Waals surface area (Å²) < 4.78 is 1.76. The van der Waals surface area contributed by atoms with Crippen molar-refractivity contribution in [3.05, 3.63) is 74.9 Å². The number of aromatic nitrogens is 5. The zero-order valence-corrected chi connectivity index (χ0v) is 20.9. The van der Waals surface area contributed by atoms with Gasteiger partial charge in [0.25, 0.3) is 0 Å². The van der Waals surface area contributed by atoms with Crippen molar-refractivity contribution in [1.29, 1.82) is 0 Å². The highest BCUT2D eigenvalue weighted by Gasteiger charge is 2.20. The molecule has 0 aliphatic carbocycles. The van der Waals surface area contributed by atoms with Crippen LogP contribution in [0, 0.1) is 10.1 Å². The van der Waals surface area contributed by atoms with E-state index in [4.69, 9.17) is 34.7 Å². The molecule has 0 aliphatic rings. The zero-order valence-electron chi connectivity index (χ0n) is 17.8. The van der Waals surface area contributed by atoms with Crippen LogP contribution < -0.4 is 16.8 Å². The molecule has 0 atom stereocenters. The number of nitrogen functional groups attached to an aromatic ring is 2. The van der Waals surface area contributed by atoms with Gasteiger partial charge in [-0.1, -0.05) is 23.2 Å². The lowest BCUT2D eigenvalue weighted by Gasteiger charge is -2.13. The summed E-state index contributed by atoms with van der Waals surface area (Å²) in [6.07, 6.45) is 6.89. The van der Waals surface area contributed by atoms with Crippen LogP contribution in [0.3, 0.4) is 0 Å². The molecule has 184 valence electrons. The quantitative estimate of drug-likeness (QED) is 0.217. The van der Waals surface area contributed by atoms with Crippen LogP contribution in [0.2, 0.25) is 10.0 Å². The molecule has 1 aromatic carbocycles. The largest absolute Gasteiger partial charge is 0.384 e. The topological polar surface area (TPSA) is 164 Å². The van der Waals surface area contributed by atoms with Gasteiger partial charge in [-0.3, -0.25) is 10.1 Å². The van der Waals surface area contributed by atoms with Gasteiger partial charge in [0.05, 0.1) is 28.2 Å². The Hall–Kier alpha value is -3.38. The maximum Gasteiger partial charge on any atom is 0.314 e. The van der Waals surface area contributed by atoms with Crippen LogP contribution in [0.25, 0.3) is 16.9 Å². The molecule has 0 fully saturated rings. The summed E-state index contributed by atoms with van der Waals surface area (Å²) in [5.74, 6) is 0.182. The number of nitro groups is 1. The number of imidazole rings is 1. The Bertz CT molecular complexity index is 1340. The van der Waals surface area contributed by atoms with E-state index in [9.17, 15) is 10.1 Å². The van der Waals surface area contributed by atoms with E-state index in [1.165, 1.54) is 6.07 Å². The second kappa shape index (κ2) is 11.8. The van der Waals surface area contributed by atoms with Crippen molar-refractivity contribution in [2.45, 2.75) is 6.42 Å². The first-order chi connectivity index (χ1) is 15.8. The number of anilines is 3. The zero-order chi connectivity index (χ0) is 23.5. The number of nitrogens with one attached hydrogen (secondary N) is 1. The van der Waals surface area contributed by atoms with E-state index in [1.807, 2.05) is 0 Å². The van der Waals surface area contributed by atoms with E-state index in [0.29, 0.717) is 38.5 Å². The Balaban J connectivity index is 0.00000216. The molecule has 0 radical (unpaired) electrons. The van der Waals surface area contributed by atoms with Gasteiger partial charge in [-0.2, -0.15) is 0 Å². The Kier molecular flexibility index (Phi) is 9.43. The van der Waals surface area contributed by atoms with Gasteiger partial charge in [-0.05, 0) is 30.7 Å². The molecule has 0 saturated carbocycles. The minimum absolute atomic E-state index is 0. The Morgan fingerprint density at radius 3 is 2.57 bits per heavy atom. The number of rotatable bonds is 7. The van der Waals surface area contributed by atoms with Crippen LogP contribution in [0.1, 0.15) is 5.56 Å². The molecule has 0 bridgehead atoms. The first-order valence-electron chi connectivity index (χ1n) is 9.57. The number of nitrogens with two attached hydrogens (primary N) is 2. The van der Waals surface area contributed by atoms with Crippen LogP contribution >= 0.6 is 48.0 Å². The van der Waals surface area contributed by atoms with Gasteiger partial charge < -0.3 is 21.4 Å². The lowest BCUT2D eigenvalue weighted by Crippen LogP contribution is -2.12. The van der Waals surface area contributed by atoms with E-state index < -0.39 is 4.92 Å². The van der Waals surface area contributed by atoms with Gasteiger partial charge in [0.1, 0.15) is 11.5 Å². The Morgan fingerprint density at radius 2 is 1.91 bits per heavy atom. The SMILES string of the molecule is Cl.Cl.Nc1cc(CCNc2ncc(-n3ccnc3)c(-c3ccc(Cl)cc3Cl)n2)c([N+](=O)[O-])c(N)n1. The van der Waals surface area contributed by atoms with E-state index in [-0.39, 0.29) is 55.1 Å². The molecule has 0 spiro atoms. The molecule has 4 aromatic rings. The highest BCUT2D eigenvalue weighted by Crippen LogP contribution is 2.33. The molecule has 0 amide bonds. The number of pyridine rings is 1. The molecular weight excluding hydrogens is 540 g/mol. The minimum atomic E-state index is -0.575. The van der Waals surface area contributed by atoms with Crippen molar-refractivity contribution in [2.24, 2.45) is 0 Å². The Labute approximate surface area is 221 Å². The predicted octanol–water partition coefficient (Wildman–Crippen LogP) is 4.60. The second-order valence-electron chi connectivity index (χ2n) is 6.90. The average molecular weight is 559 g/mol. The van der Waals surface area contributed by atoms with Gasteiger partial charge in [0.15, 0.2) is 0 Å². The maximum atomic E-state index is 11.4.